The minimum atomic E-state index is -0.00376. The van der Waals surface area contributed by atoms with Crippen molar-refractivity contribution in [2.75, 3.05) is 7.11 Å². The number of aromatic nitrogens is 3. The smallest absolute Gasteiger partial charge is 0.167 e. The van der Waals surface area contributed by atoms with Crippen LogP contribution in [-0.2, 0) is 17.8 Å². The fraction of sp³-hybridized carbons (Fsp3) is 0.227. The zero-order chi connectivity index (χ0) is 20.0. The van der Waals surface area contributed by atoms with Crippen molar-refractivity contribution in [3.63, 3.8) is 0 Å². The van der Waals surface area contributed by atoms with Crippen LogP contribution in [0.4, 0.5) is 0 Å². The van der Waals surface area contributed by atoms with Gasteiger partial charge in [0.1, 0.15) is 5.76 Å². The average molecular weight is 408 g/mol. The first kappa shape index (κ1) is 18.1. The van der Waals surface area contributed by atoms with Gasteiger partial charge in [0.15, 0.2) is 11.4 Å². The number of hydrogen-bond donors (Lipinski definition) is 0. The summed E-state index contributed by atoms with van der Waals surface area (Å²) in [5, 5.41) is 5.27. The van der Waals surface area contributed by atoms with Crippen molar-refractivity contribution >= 4 is 23.0 Å². The van der Waals surface area contributed by atoms with E-state index in [2.05, 4.69) is 5.10 Å². The van der Waals surface area contributed by atoms with Gasteiger partial charge in [0.05, 0.1) is 35.4 Å². The highest BCUT2D eigenvalue weighted by Gasteiger charge is 2.30. The Kier molecular flexibility index (Phi) is 4.45. The fourth-order valence-electron chi connectivity index (χ4n) is 3.98. The van der Waals surface area contributed by atoms with Gasteiger partial charge in [-0.2, -0.15) is 5.10 Å². The molecule has 146 valence electrons. The first-order valence-corrected chi connectivity index (χ1v) is 9.74. The predicted octanol–water partition coefficient (Wildman–Crippen LogP) is 4.70. The van der Waals surface area contributed by atoms with Crippen LogP contribution in [0.5, 0.6) is 0 Å². The van der Waals surface area contributed by atoms with Crippen LogP contribution >= 0.6 is 11.6 Å². The monoisotopic (exact) mass is 407 g/mol. The maximum absolute atomic E-state index is 12.8. The molecule has 3 aromatic heterocycles. The molecule has 0 spiro atoms. The number of ether oxygens (including phenoxy) is 1. The molecule has 0 aliphatic heterocycles. The molecule has 29 heavy (non-hydrogen) atoms. The number of methoxy groups -OCH3 is 1. The summed E-state index contributed by atoms with van der Waals surface area (Å²) in [5.74, 6) is 0.861. The fourth-order valence-corrected chi connectivity index (χ4v) is 4.17. The number of ketones is 1. The highest BCUT2D eigenvalue weighted by atomic mass is 35.5. The molecule has 0 fully saturated rings. The molecule has 1 atom stereocenters. The molecule has 1 aliphatic rings. The van der Waals surface area contributed by atoms with Crippen molar-refractivity contribution in [1.29, 1.82) is 0 Å². The number of Topliss-reactive ketones (excluding diaryl/α,β-unsaturated/α-hetero) is 1. The summed E-state index contributed by atoms with van der Waals surface area (Å²) in [6.45, 7) is 0.332. The number of benzene rings is 1. The molecule has 0 saturated carbocycles. The van der Waals surface area contributed by atoms with Gasteiger partial charge < -0.3 is 9.15 Å². The molecule has 1 unspecified atom stereocenters. The topological polar surface area (TPSA) is 69.6 Å². The largest absolute Gasteiger partial charge is 0.469 e. The van der Waals surface area contributed by atoms with Gasteiger partial charge in [-0.15, -0.1) is 0 Å². The second kappa shape index (κ2) is 7.13. The zero-order valence-electron chi connectivity index (χ0n) is 15.8. The lowest BCUT2D eigenvalue weighted by molar-refractivity contribution is 0.0958. The Bertz CT molecular complexity index is 1210. The van der Waals surface area contributed by atoms with Crippen LogP contribution in [0.1, 0.15) is 39.8 Å². The van der Waals surface area contributed by atoms with Crippen LogP contribution in [0, 0.1) is 0 Å². The molecule has 5 rings (SSSR count). The van der Waals surface area contributed by atoms with E-state index in [1.807, 2.05) is 36.4 Å². The summed E-state index contributed by atoms with van der Waals surface area (Å²) in [6, 6.07) is 11.3. The summed E-state index contributed by atoms with van der Waals surface area (Å²) in [7, 11) is 1.63. The number of rotatable bonds is 4. The number of fused-ring (bicyclic) bond motifs is 2. The standard InChI is InChI=1S/C22H18ClN3O3/c1-28-12-18-21(13-4-2-5-15(23)8-13)22-24-17-9-14(20-6-3-7-29-20)10-19(27)16(17)11-26(22)25-18/h2-8,11,14H,9-10,12H2,1H3. The third kappa shape index (κ3) is 3.14. The second-order valence-corrected chi connectivity index (χ2v) is 7.61. The summed E-state index contributed by atoms with van der Waals surface area (Å²) in [6.07, 6.45) is 4.47. The van der Waals surface area contributed by atoms with Crippen LogP contribution in [-0.4, -0.2) is 27.5 Å². The quantitative estimate of drug-likeness (QED) is 0.490. The van der Waals surface area contributed by atoms with E-state index in [4.69, 9.17) is 25.7 Å². The lowest BCUT2D eigenvalue weighted by Gasteiger charge is -2.21. The minimum absolute atomic E-state index is 0.00376. The third-order valence-electron chi connectivity index (χ3n) is 5.27. The summed E-state index contributed by atoms with van der Waals surface area (Å²) < 4.78 is 12.6. The van der Waals surface area contributed by atoms with Gasteiger partial charge in [0.25, 0.3) is 0 Å². The third-order valence-corrected chi connectivity index (χ3v) is 5.51. The van der Waals surface area contributed by atoms with Crippen LogP contribution in [0.3, 0.4) is 0 Å². The number of carbonyl (C=O) groups excluding carboxylic acids is 1. The number of furan rings is 1. The molecular weight excluding hydrogens is 390 g/mol. The predicted molar refractivity (Wildman–Crippen MR) is 108 cm³/mol. The average Bonchev–Trinajstić information content (AvgIpc) is 3.34. The Balaban J connectivity index is 1.68. The van der Waals surface area contributed by atoms with Crippen molar-refractivity contribution < 1.29 is 13.9 Å². The van der Waals surface area contributed by atoms with E-state index in [0.29, 0.717) is 35.7 Å². The number of hydrogen-bond acceptors (Lipinski definition) is 5. The Morgan fingerprint density at radius 1 is 1.28 bits per heavy atom. The molecule has 0 N–H and O–H groups in total. The van der Waals surface area contributed by atoms with E-state index in [1.54, 1.807) is 24.1 Å². The normalized spacial score (nSPS) is 16.3. The SMILES string of the molecule is COCc1nn2cc3c(nc2c1-c1cccc(Cl)c1)CC(c1ccco1)CC3=O. The van der Waals surface area contributed by atoms with Crippen LogP contribution in [0.2, 0.25) is 5.02 Å². The lowest BCUT2D eigenvalue weighted by Crippen LogP contribution is -2.21. The van der Waals surface area contributed by atoms with Gasteiger partial charge in [0, 0.05) is 37.1 Å². The molecule has 0 radical (unpaired) electrons. The maximum atomic E-state index is 12.8. The van der Waals surface area contributed by atoms with E-state index in [0.717, 1.165) is 28.3 Å². The van der Waals surface area contributed by atoms with Gasteiger partial charge in [-0.25, -0.2) is 9.50 Å². The highest BCUT2D eigenvalue weighted by Crippen LogP contribution is 2.35. The molecule has 1 aromatic carbocycles. The van der Waals surface area contributed by atoms with Gasteiger partial charge >= 0.3 is 0 Å². The van der Waals surface area contributed by atoms with E-state index < -0.39 is 0 Å². The van der Waals surface area contributed by atoms with Crippen molar-refractivity contribution in [2.24, 2.45) is 0 Å². The number of halogens is 1. The Morgan fingerprint density at radius 3 is 2.93 bits per heavy atom. The molecule has 0 bridgehead atoms. The molecular formula is C22H18ClN3O3. The maximum Gasteiger partial charge on any atom is 0.167 e. The molecule has 0 saturated heterocycles. The van der Waals surface area contributed by atoms with Gasteiger partial charge in [-0.3, -0.25) is 4.79 Å². The summed E-state index contributed by atoms with van der Waals surface area (Å²) >= 11 is 6.22. The zero-order valence-corrected chi connectivity index (χ0v) is 16.5. The van der Waals surface area contributed by atoms with Gasteiger partial charge in [-0.1, -0.05) is 23.7 Å². The highest BCUT2D eigenvalue weighted by molar-refractivity contribution is 6.30. The van der Waals surface area contributed by atoms with Crippen molar-refractivity contribution in [2.45, 2.75) is 25.4 Å². The van der Waals surface area contributed by atoms with E-state index in [-0.39, 0.29) is 11.7 Å². The van der Waals surface area contributed by atoms with Gasteiger partial charge in [-0.05, 0) is 29.8 Å². The Labute approximate surface area is 172 Å². The summed E-state index contributed by atoms with van der Waals surface area (Å²) in [5.41, 5.74) is 4.60. The Hall–Kier alpha value is -2.96. The van der Waals surface area contributed by atoms with Crippen LogP contribution < -0.4 is 0 Å². The molecule has 0 amide bonds. The van der Waals surface area contributed by atoms with Crippen molar-refractivity contribution in [3.05, 3.63) is 76.6 Å². The van der Waals surface area contributed by atoms with Crippen LogP contribution in [0.25, 0.3) is 16.8 Å². The van der Waals surface area contributed by atoms with E-state index >= 15 is 0 Å². The summed E-state index contributed by atoms with van der Waals surface area (Å²) in [4.78, 5) is 17.7. The van der Waals surface area contributed by atoms with Crippen LogP contribution in [0.15, 0.2) is 53.3 Å². The van der Waals surface area contributed by atoms with Gasteiger partial charge in [0.2, 0.25) is 0 Å². The molecule has 6 nitrogen and oxygen atoms in total. The molecule has 3 heterocycles. The first-order chi connectivity index (χ1) is 14.1. The molecule has 7 heteroatoms. The van der Waals surface area contributed by atoms with Crippen molar-refractivity contribution in [1.82, 2.24) is 14.6 Å². The van der Waals surface area contributed by atoms with Crippen molar-refractivity contribution in [3.8, 4) is 11.1 Å². The van der Waals surface area contributed by atoms with E-state index in [1.165, 1.54) is 0 Å². The Morgan fingerprint density at radius 2 is 2.17 bits per heavy atom. The van der Waals surface area contributed by atoms with E-state index in [9.17, 15) is 4.79 Å². The minimum Gasteiger partial charge on any atom is -0.469 e. The number of nitrogens with zero attached hydrogens (tertiary/aromatic N) is 3. The second-order valence-electron chi connectivity index (χ2n) is 7.18. The molecule has 1 aliphatic carbocycles. The number of carbonyl (C=O) groups is 1. The lowest BCUT2D eigenvalue weighted by atomic mass is 9.85. The molecule has 4 aromatic rings. The first-order valence-electron chi connectivity index (χ1n) is 9.36.